The lowest BCUT2D eigenvalue weighted by molar-refractivity contribution is -0.140. The summed E-state index contributed by atoms with van der Waals surface area (Å²) >= 11 is 0. The van der Waals surface area contributed by atoms with Crippen molar-refractivity contribution in [2.75, 3.05) is 20.2 Å². The fraction of sp³-hybridized carbons (Fsp3) is 0.400. The number of aromatic nitrogens is 2. The zero-order valence-corrected chi connectivity index (χ0v) is 16.7. The van der Waals surface area contributed by atoms with Gasteiger partial charge in [0, 0.05) is 24.2 Å². The maximum Gasteiger partial charge on any atom is 0.305 e. The molecule has 0 saturated carbocycles. The van der Waals surface area contributed by atoms with Gasteiger partial charge in [0.25, 0.3) is 5.91 Å². The predicted molar refractivity (Wildman–Crippen MR) is 104 cm³/mol. The number of nitrogens with one attached hydrogen (secondary N) is 2. The van der Waals surface area contributed by atoms with E-state index < -0.39 is 0 Å². The van der Waals surface area contributed by atoms with Gasteiger partial charge in [0.1, 0.15) is 0 Å². The molecule has 2 aromatic rings. The quantitative estimate of drug-likeness (QED) is 0.669. The summed E-state index contributed by atoms with van der Waals surface area (Å²) in [5.41, 5.74) is 4.07. The standard InChI is InChI=1S/C20H26N4O4/c1-5-21-18(25)12-22-20(27)15-6-8-16(9-7-15)24-14(3)17(13(2)23-24)10-11-19(26)28-4/h6-9H,5,10-12H2,1-4H3,(H,21,25)(H,22,27). The molecule has 0 saturated heterocycles. The van der Waals surface area contributed by atoms with Crippen molar-refractivity contribution in [1.82, 2.24) is 20.4 Å². The Bertz CT molecular complexity index is 856. The zero-order valence-electron chi connectivity index (χ0n) is 16.7. The summed E-state index contributed by atoms with van der Waals surface area (Å²) in [5, 5.41) is 9.76. The number of esters is 1. The SMILES string of the molecule is CCNC(=O)CNC(=O)c1ccc(-n2nc(C)c(CCC(=O)OC)c2C)cc1. The number of hydrogen-bond acceptors (Lipinski definition) is 5. The van der Waals surface area contributed by atoms with Crippen LogP contribution in [0.5, 0.6) is 0 Å². The van der Waals surface area contributed by atoms with Gasteiger partial charge < -0.3 is 15.4 Å². The molecule has 2 N–H and O–H groups in total. The molecule has 2 amide bonds. The van der Waals surface area contributed by atoms with Crippen LogP contribution >= 0.6 is 0 Å². The van der Waals surface area contributed by atoms with E-state index >= 15 is 0 Å². The van der Waals surface area contributed by atoms with Crippen molar-refractivity contribution in [2.24, 2.45) is 0 Å². The smallest absolute Gasteiger partial charge is 0.305 e. The van der Waals surface area contributed by atoms with Crippen molar-refractivity contribution in [3.05, 3.63) is 46.8 Å². The van der Waals surface area contributed by atoms with E-state index in [4.69, 9.17) is 4.74 Å². The van der Waals surface area contributed by atoms with Crippen LogP contribution in [0.25, 0.3) is 5.69 Å². The molecular weight excluding hydrogens is 360 g/mol. The van der Waals surface area contributed by atoms with E-state index in [0.717, 1.165) is 22.6 Å². The Hall–Kier alpha value is -3.16. The summed E-state index contributed by atoms with van der Waals surface area (Å²) in [6.07, 6.45) is 0.860. The van der Waals surface area contributed by atoms with Gasteiger partial charge in [-0.1, -0.05) is 0 Å². The molecule has 0 radical (unpaired) electrons. The molecule has 0 spiro atoms. The Morgan fingerprint density at radius 3 is 2.39 bits per heavy atom. The molecule has 1 aromatic heterocycles. The Labute approximate surface area is 164 Å². The number of carbonyl (C=O) groups excluding carboxylic acids is 3. The maximum absolute atomic E-state index is 12.1. The van der Waals surface area contributed by atoms with Crippen LogP contribution in [0.1, 0.15) is 40.7 Å². The summed E-state index contributed by atoms with van der Waals surface area (Å²) in [6, 6.07) is 6.97. The highest BCUT2D eigenvalue weighted by molar-refractivity contribution is 5.96. The number of aryl methyl sites for hydroxylation is 1. The summed E-state index contributed by atoms with van der Waals surface area (Å²) in [5.74, 6) is -0.797. The fourth-order valence-electron chi connectivity index (χ4n) is 2.89. The molecule has 8 heteroatoms. The van der Waals surface area contributed by atoms with Crippen LogP contribution in [0.3, 0.4) is 0 Å². The van der Waals surface area contributed by atoms with Crippen molar-refractivity contribution >= 4 is 17.8 Å². The normalized spacial score (nSPS) is 10.4. The lowest BCUT2D eigenvalue weighted by Crippen LogP contribution is -2.36. The van der Waals surface area contributed by atoms with Gasteiger partial charge in [-0.15, -0.1) is 0 Å². The summed E-state index contributed by atoms with van der Waals surface area (Å²) in [7, 11) is 1.37. The second kappa shape index (κ2) is 9.68. The molecule has 0 atom stereocenters. The second-order valence-corrected chi connectivity index (χ2v) is 6.32. The first kappa shape index (κ1) is 21.1. The highest BCUT2D eigenvalue weighted by Crippen LogP contribution is 2.20. The van der Waals surface area contributed by atoms with Gasteiger partial charge in [0.05, 0.1) is 25.0 Å². The van der Waals surface area contributed by atoms with Gasteiger partial charge in [0.15, 0.2) is 0 Å². The minimum absolute atomic E-state index is 0.0601. The number of rotatable bonds is 8. The van der Waals surface area contributed by atoms with E-state index in [2.05, 4.69) is 15.7 Å². The Morgan fingerprint density at radius 2 is 1.79 bits per heavy atom. The van der Waals surface area contributed by atoms with Gasteiger partial charge in [-0.3, -0.25) is 14.4 Å². The van der Waals surface area contributed by atoms with E-state index in [1.165, 1.54) is 7.11 Å². The monoisotopic (exact) mass is 386 g/mol. The third-order valence-electron chi connectivity index (χ3n) is 4.41. The molecule has 1 aromatic carbocycles. The number of likely N-dealkylation sites (N-methyl/N-ethyl adjacent to an activating group) is 1. The first-order chi connectivity index (χ1) is 13.4. The van der Waals surface area contributed by atoms with Crippen molar-refractivity contribution in [3.8, 4) is 5.69 Å². The lowest BCUT2D eigenvalue weighted by atomic mass is 10.1. The zero-order chi connectivity index (χ0) is 20.7. The van der Waals surface area contributed by atoms with Crippen LogP contribution < -0.4 is 10.6 Å². The average molecular weight is 386 g/mol. The molecule has 150 valence electrons. The van der Waals surface area contributed by atoms with Gasteiger partial charge in [-0.05, 0) is 57.0 Å². The van der Waals surface area contributed by atoms with Gasteiger partial charge in [0.2, 0.25) is 5.91 Å². The Balaban J connectivity index is 2.10. The molecule has 2 rings (SSSR count). The van der Waals surface area contributed by atoms with Gasteiger partial charge >= 0.3 is 5.97 Å². The molecule has 0 aliphatic rings. The minimum Gasteiger partial charge on any atom is -0.469 e. The summed E-state index contributed by atoms with van der Waals surface area (Å²) in [4.78, 5) is 35.0. The Morgan fingerprint density at radius 1 is 1.11 bits per heavy atom. The molecule has 0 bridgehead atoms. The predicted octanol–water partition coefficient (Wildman–Crippen LogP) is 1.46. The molecule has 1 heterocycles. The van der Waals surface area contributed by atoms with Crippen molar-refractivity contribution in [2.45, 2.75) is 33.6 Å². The van der Waals surface area contributed by atoms with E-state index in [1.54, 1.807) is 28.9 Å². The third kappa shape index (κ3) is 5.18. The fourth-order valence-corrected chi connectivity index (χ4v) is 2.89. The number of benzene rings is 1. The number of hydrogen-bond donors (Lipinski definition) is 2. The molecule has 0 fully saturated rings. The van der Waals surface area contributed by atoms with Crippen molar-refractivity contribution in [3.63, 3.8) is 0 Å². The van der Waals surface area contributed by atoms with E-state index in [9.17, 15) is 14.4 Å². The lowest BCUT2D eigenvalue weighted by Gasteiger charge is -2.08. The molecular formula is C20H26N4O4. The number of ether oxygens (including phenoxy) is 1. The van der Waals surface area contributed by atoms with Gasteiger partial charge in [-0.2, -0.15) is 5.10 Å². The average Bonchev–Trinajstić information content (AvgIpc) is 2.98. The highest BCUT2D eigenvalue weighted by atomic mass is 16.5. The van der Waals surface area contributed by atoms with Crippen molar-refractivity contribution < 1.29 is 19.1 Å². The Kier molecular flexibility index (Phi) is 7.31. The van der Waals surface area contributed by atoms with Crippen LogP contribution in [0.15, 0.2) is 24.3 Å². The van der Waals surface area contributed by atoms with E-state index in [-0.39, 0.29) is 24.3 Å². The molecule has 0 aliphatic carbocycles. The third-order valence-corrected chi connectivity index (χ3v) is 4.41. The van der Waals surface area contributed by atoms with Crippen LogP contribution in [0, 0.1) is 13.8 Å². The molecule has 28 heavy (non-hydrogen) atoms. The maximum atomic E-state index is 12.1. The second-order valence-electron chi connectivity index (χ2n) is 6.32. The van der Waals surface area contributed by atoms with Crippen LogP contribution in [-0.2, 0) is 20.7 Å². The number of carbonyl (C=O) groups is 3. The number of nitrogens with zero attached hydrogens (tertiary/aromatic N) is 2. The van der Waals surface area contributed by atoms with E-state index in [0.29, 0.717) is 24.9 Å². The van der Waals surface area contributed by atoms with Gasteiger partial charge in [-0.25, -0.2) is 4.68 Å². The summed E-state index contributed by atoms with van der Waals surface area (Å²) in [6.45, 7) is 6.13. The highest BCUT2D eigenvalue weighted by Gasteiger charge is 2.15. The molecule has 8 nitrogen and oxygen atoms in total. The largest absolute Gasteiger partial charge is 0.469 e. The molecule has 0 unspecified atom stereocenters. The summed E-state index contributed by atoms with van der Waals surface area (Å²) < 4.78 is 6.49. The van der Waals surface area contributed by atoms with Crippen LogP contribution in [0.2, 0.25) is 0 Å². The van der Waals surface area contributed by atoms with E-state index in [1.807, 2.05) is 20.8 Å². The first-order valence-electron chi connectivity index (χ1n) is 9.14. The first-order valence-corrected chi connectivity index (χ1v) is 9.14. The van der Waals surface area contributed by atoms with Crippen LogP contribution in [0.4, 0.5) is 0 Å². The molecule has 0 aliphatic heterocycles. The number of methoxy groups -OCH3 is 1. The topological polar surface area (TPSA) is 102 Å². The number of amides is 2. The van der Waals surface area contributed by atoms with Crippen molar-refractivity contribution in [1.29, 1.82) is 0 Å². The van der Waals surface area contributed by atoms with Crippen LogP contribution in [-0.4, -0.2) is 47.8 Å². The minimum atomic E-state index is -0.315.